The lowest BCUT2D eigenvalue weighted by Gasteiger charge is -2.27. The maximum absolute atomic E-state index is 14.1. The molecule has 0 saturated carbocycles. The minimum atomic E-state index is -4.51. The van der Waals surface area contributed by atoms with E-state index in [1.807, 2.05) is 0 Å². The molecule has 3 amide bonds. The average molecular weight is 511 g/mol. The number of amides is 3. The third-order valence-electron chi connectivity index (χ3n) is 5.99. The van der Waals surface area contributed by atoms with Gasteiger partial charge in [-0.3, -0.25) is 14.4 Å². The summed E-state index contributed by atoms with van der Waals surface area (Å²) in [5, 5.41) is 5.11. The normalized spacial score (nSPS) is 16.8. The highest BCUT2D eigenvalue weighted by Gasteiger charge is 2.34. The van der Waals surface area contributed by atoms with Crippen LogP contribution < -0.4 is 10.6 Å². The number of carbonyl (C=O) groups is 3. The van der Waals surface area contributed by atoms with Crippen LogP contribution >= 0.6 is 0 Å². The summed E-state index contributed by atoms with van der Waals surface area (Å²) in [4.78, 5) is 39.2. The van der Waals surface area contributed by atoms with Gasteiger partial charge in [0.2, 0.25) is 17.7 Å². The largest absolute Gasteiger partial charge is 0.416 e. The van der Waals surface area contributed by atoms with Gasteiger partial charge >= 0.3 is 6.18 Å². The summed E-state index contributed by atoms with van der Waals surface area (Å²) in [5.41, 5.74) is -0.729. The van der Waals surface area contributed by atoms with E-state index in [-0.39, 0.29) is 42.5 Å². The van der Waals surface area contributed by atoms with Crippen molar-refractivity contribution >= 4 is 23.4 Å². The van der Waals surface area contributed by atoms with Crippen molar-refractivity contribution in [1.82, 2.24) is 10.2 Å². The topological polar surface area (TPSA) is 78.5 Å². The second-order valence-corrected chi connectivity index (χ2v) is 8.98. The van der Waals surface area contributed by atoms with E-state index in [9.17, 15) is 36.3 Å². The molecule has 2 N–H and O–H groups in total. The molecule has 6 nitrogen and oxygen atoms in total. The van der Waals surface area contributed by atoms with Crippen molar-refractivity contribution in [2.75, 3.05) is 5.32 Å². The van der Waals surface area contributed by atoms with Crippen molar-refractivity contribution in [2.24, 2.45) is 5.92 Å². The number of halogens is 5. The first-order valence-corrected chi connectivity index (χ1v) is 11.4. The Kier molecular flexibility index (Phi) is 8.31. The monoisotopic (exact) mass is 511 g/mol. The Morgan fingerprint density at radius 2 is 1.75 bits per heavy atom. The van der Waals surface area contributed by atoms with Crippen LogP contribution in [0.3, 0.4) is 0 Å². The van der Waals surface area contributed by atoms with Crippen LogP contribution in [-0.2, 0) is 27.1 Å². The van der Waals surface area contributed by atoms with Crippen LogP contribution in [0.4, 0.5) is 27.6 Å². The molecule has 36 heavy (non-hydrogen) atoms. The number of alkyl halides is 3. The quantitative estimate of drug-likeness (QED) is 0.507. The fraction of sp³-hybridized carbons (Fsp3) is 0.400. The van der Waals surface area contributed by atoms with Crippen LogP contribution in [0.1, 0.15) is 44.2 Å². The van der Waals surface area contributed by atoms with Gasteiger partial charge in [-0.15, -0.1) is 0 Å². The number of benzene rings is 2. The van der Waals surface area contributed by atoms with E-state index in [1.54, 1.807) is 13.8 Å². The van der Waals surface area contributed by atoms with Crippen molar-refractivity contribution in [2.45, 2.75) is 57.9 Å². The van der Waals surface area contributed by atoms with Crippen molar-refractivity contribution in [3.63, 3.8) is 0 Å². The van der Waals surface area contributed by atoms with Crippen LogP contribution in [0.5, 0.6) is 0 Å². The standard InChI is InChI=1S/C25H26F5N3O3/c1-14(2)23(24(36)31-17-8-6-16(7-9-17)25(28,29)30)32-20(34)12-18-10-11-21(35)33(18)13-15-4-3-5-19(26)22(15)27/h3-9,14,18,23H,10-13H2,1-2H3,(H,31,36)(H,32,34)/t18-,23?/m0/s1. The Hall–Kier alpha value is -3.50. The lowest BCUT2D eigenvalue weighted by Crippen LogP contribution is -2.48. The van der Waals surface area contributed by atoms with E-state index in [4.69, 9.17) is 0 Å². The molecule has 0 bridgehead atoms. The average Bonchev–Trinajstić information content (AvgIpc) is 3.13. The molecule has 0 radical (unpaired) electrons. The Morgan fingerprint density at radius 3 is 2.36 bits per heavy atom. The molecule has 1 aliphatic rings. The second kappa shape index (κ2) is 11.0. The van der Waals surface area contributed by atoms with Gasteiger partial charge in [0.05, 0.1) is 5.56 Å². The fourth-order valence-corrected chi connectivity index (χ4v) is 4.02. The van der Waals surface area contributed by atoms with E-state index in [1.165, 1.54) is 17.0 Å². The number of nitrogens with zero attached hydrogens (tertiary/aromatic N) is 1. The molecular weight excluding hydrogens is 485 g/mol. The minimum absolute atomic E-state index is 0.00775. The first-order chi connectivity index (χ1) is 16.9. The third kappa shape index (κ3) is 6.58. The van der Waals surface area contributed by atoms with Crippen molar-refractivity contribution in [3.8, 4) is 0 Å². The van der Waals surface area contributed by atoms with Crippen LogP contribution in [-0.4, -0.2) is 34.7 Å². The van der Waals surface area contributed by atoms with E-state index >= 15 is 0 Å². The molecule has 1 fully saturated rings. The molecule has 3 rings (SSSR count). The first kappa shape index (κ1) is 27.1. The third-order valence-corrected chi connectivity index (χ3v) is 5.99. The lowest BCUT2D eigenvalue weighted by molar-refractivity contribution is -0.137. The molecule has 194 valence electrons. The fourth-order valence-electron chi connectivity index (χ4n) is 4.02. The Balaban J connectivity index is 1.63. The smallest absolute Gasteiger partial charge is 0.344 e. The van der Waals surface area contributed by atoms with E-state index in [2.05, 4.69) is 10.6 Å². The van der Waals surface area contributed by atoms with Crippen molar-refractivity contribution < 1.29 is 36.3 Å². The molecule has 0 spiro atoms. The van der Waals surface area contributed by atoms with Gasteiger partial charge < -0.3 is 15.5 Å². The van der Waals surface area contributed by atoms with Crippen LogP contribution in [0.2, 0.25) is 0 Å². The van der Waals surface area contributed by atoms with Gasteiger partial charge in [0, 0.05) is 36.7 Å². The maximum atomic E-state index is 14.1. The Morgan fingerprint density at radius 1 is 1.08 bits per heavy atom. The Labute approximate surface area is 204 Å². The zero-order chi connectivity index (χ0) is 26.6. The first-order valence-electron chi connectivity index (χ1n) is 11.4. The minimum Gasteiger partial charge on any atom is -0.344 e. The molecule has 2 aromatic carbocycles. The molecular formula is C25H26F5N3O3. The van der Waals surface area contributed by atoms with Crippen molar-refractivity contribution in [3.05, 3.63) is 65.2 Å². The predicted octanol–water partition coefficient (Wildman–Crippen LogP) is 4.64. The molecule has 1 unspecified atom stereocenters. The molecule has 1 saturated heterocycles. The van der Waals surface area contributed by atoms with Gasteiger partial charge in [-0.05, 0) is 42.7 Å². The van der Waals surface area contributed by atoms with Crippen LogP contribution in [0.15, 0.2) is 42.5 Å². The lowest BCUT2D eigenvalue weighted by atomic mass is 10.0. The van der Waals surface area contributed by atoms with Crippen LogP contribution in [0.25, 0.3) is 0 Å². The molecule has 2 aromatic rings. The highest BCUT2D eigenvalue weighted by molar-refractivity contribution is 5.97. The van der Waals surface area contributed by atoms with Gasteiger partial charge in [-0.25, -0.2) is 8.78 Å². The number of anilines is 1. The Bertz CT molecular complexity index is 1120. The second-order valence-electron chi connectivity index (χ2n) is 8.98. The van der Waals surface area contributed by atoms with Crippen LogP contribution in [0, 0.1) is 17.6 Å². The summed E-state index contributed by atoms with van der Waals surface area (Å²) in [6.07, 6.45) is -4.17. The SMILES string of the molecule is CC(C)C(NC(=O)C[C@@H]1CCC(=O)N1Cc1cccc(F)c1F)C(=O)Nc1ccc(C(F)(F)F)cc1. The zero-order valence-electron chi connectivity index (χ0n) is 19.7. The predicted molar refractivity (Wildman–Crippen MR) is 121 cm³/mol. The summed E-state index contributed by atoms with van der Waals surface area (Å²) in [6.45, 7) is 3.19. The molecule has 1 heterocycles. The summed E-state index contributed by atoms with van der Waals surface area (Å²) >= 11 is 0. The molecule has 0 aromatic heterocycles. The van der Waals surface area contributed by atoms with Gasteiger partial charge in [0.15, 0.2) is 11.6 Å². The van der Waals surface area contributed by atoms with Gasteiger partial charge in [-0.1, -0.05) is 26.0 Å². The van der Waals surface area contributed by atoms with Gasteiger partial charge in [0.1, 0.15) is 6.04 Å². The van der Waals surface area contributed by atoms with Crippen molar-refractivity contribution in [1.29, 1.82) is 0 Å². The number of nitrogens with one attached hydrogen (secondary N) is 2. The zero-order valence-corrected chi connectivity index (χ0v) is 19.7. The number of rotatable bonds is 8. The van der Waals surface area contributed by atoms with E-state index in [0.29, 0.717) is 6.42 Å². The number of carbonyl (C=O) groups excluding carboxylic acids is 3. The van der Waals surface area contributed by atoms with E-state index in [0.717, 1.165) is 30.3 Å². The summed E-state index contributed by atoms with van der Waals surface area (Å²) in [5.74, 6) is -3.88. The molecule has 2 atom stereocenters. The molecule has 0 aliphatic carbocycles. The molecule has 11 heteroatoms. The summed E-state index contributed by atoms with van der Waals surface area (Å²) in [6, 6.07) is 6.02. The van der Waals surface area contributed by atoms with E-state index < -0.39 is 47.3 Å². The number of hydrogen-bond acceptors (Lipinski definition) is 3. The number of likely N-dealkylation sites (tertiary alicyclic amines) is 1. The highest BCUT2D eigenvalue weighted by Crippen LogP contribution is 2.30. The highest BCUT2D eigenvalue weighted by atomic mass is 19.4. The summed E-state index contributed by atoms with van der Waals surface area (Å²) in [7, 11) is 0. The maximum Gasteiger partial charge on any atom is 0.416 e. The molecule has 1 aliphatic heterocycles. The van der Waals surface area contributed by atoms with Gasteiger partial charge in [-0.2, -0.15) is 13.2 Å². The number of hydrogen-bond donors (Lipinski definition) is 2. The van der Waals surface area contributed by atoms with Gasteiger partial charge in [0.25, 0.3) is 0 Å². The summed E-state index contributed by atoms with van der Waals surface area (Å²) < 4.78 is 65.9.